The molecule has 0 saturated heterocycles. The van der Waals surface area contributed by atoms with Gasteiger partial charge in [-0.1, -0.05) is 51.4 Å². The lowest BCUT2D eigenvalue weighted by molar-refractivity contribution is 0.517. The number of hydrogen-bond donors (Lipinski definition) is 2. The van der Waals surface area contributed by atoms with E-state index in [-0.39, 0.29) is 34.0 Å². The summed E-state index contributed by atoms with van der Waals surface area (Å²) in [5.41, 5.74) is 0. The van der Waals surface area contributed by atoms with Crippen LogP contribution in [0.1, 0.15) is 64.2 Å². The average Bonchev–Trinajstić information content (AvgIpc) is 3.17. The second-order valence-corrected chi connectivity index (χ2v) is 8.13. The summed E-state index contributed by atoms with van der Waals surface area (Å²) in [6.45, 7) is 2.01. The second-order valence-electron chi connectivity index (χ2n) is 6.34. The van der Waals surface area contributed by atoms with Crippen molar-refractivity contribution in [2.24, 2.45) is 0 Å². The van der Waals surface area contributed by atoms with Gasteiger partial charge in [-0.25, -0.2) is 0 Å². The molecule has 2 aromatic heterocycles. The highest BCUT2D eigenvalue weighted by atomic mass is 79.9. The monoisotopic (exact) mass is 526 g/mol. The van der Waals surface area contributed by atoms with Crippen LogP contribution in [-0.4, -0.2) is 9.13 Å². The topological polar surface area (TPSA) is 57.6 Å². The summed E-state index contributed by atoms with van der Waals surface area (Å²) in [7, 11) is 0. The van der Waals surface area contributed by atoms with Gasteiger partial charge in [-0.05, 0) is 12.8 Å². The number of aryl methyl sites for hydroxylation is 2. The Morgan fingerprint density at radius 1 is 0.577 bits per heavy atom. The minimum absolute atomic E-state index is 0. The van der Waals surface area contributed by atoms with E-state index in [0.717, 1.165) is 13.1 Å². The van der Waals surface area contributed by atoms with Gasteiger partial charge < -0.3 is 9.13 Å². The molecule has 2 N–H and O–H groups in total. The largest absolute Gasteiger partial charge is 0.324 e. The molecule has 0 unspecified atom stereocenters. The van der Waals surface area contributed by atoms with Crippen LogP contribution in [0.2, 0.25) is 0 Å². The highest BCUT2D eigenvalue weighted by Crippen LogP contribution is 2.11. The highest BCUT2D eigenvalue weighted by Gasteiger charge is 1.97. The summed E-state index contributed by atoms with van der Waals surface area (Å²) in [5.74, 6) is 0. The number of nitrogens with one attached hydrogen (secondary N) is 2. The standard InChI is InChI=1S/C18H30N4S2.2BrH/c19-17-21(13-15-23-17)11-9-7-5-3-1-2-4-6-8-10-12-22-14-16-24-18(22)20;;/h13-16,19-20H,1-12H2;2*1H. The first-order valence-electron chi connectivity index (χ1n) is 9.14. The van der Waals surface area contributed by atoms with E-state index in [1.807, 2.05) is 32.3 Å². The van der Waals surface area contributed by atoms with Crippen LogP contribution in [0.25, 0.3) is 0 Å². The first-order valence-corrected chi connectivity index (χ1v) is 10.9. The third-order valence-electron chi connectivity index (χ3n) is 4.41. The molecule has 0 aliphatic heterocycles. The molecule has 2 aromatic rings. The van der Waals surface area contributed by atoms with Crippen molar-refractivity contribution in [2.45, 2.75) is 77.3 Å². The van der Waals surface area contributed by atoms with Gasteiger partial charge in [0.05, 0.1) is 0 Å². The molecule has 0 saturated carbocycles. The van der Waals surface area contributed by atoms with Crippen molar-refractivity contribution in [3.8, 4) is 0 Å². The molecular weight excluding hydrogens is 496 g/mol. The van der Waals surface area contributed by atoms with E-state index < -0.39 is 0 Å². The highest BCUT2D eigenvalue weighted by molar-refractivity contribution is 8.93. The SMILES string of the molecule is Br.Br.N=c1sccn1CCCCCCCCCCCCn1ccsc1=N. The van der Waals surface area contributed by atoms with Crippen LogP contribution in [0.5, 0.6) is 0 Å². The lowest BCUT2D eigenvalue weighted by Crippen LogP contribution is -2.11. The normalized spacial score (nSPS) is 10.3. The molecule has 0 spiro atoms. The van der Waals surface area contributed by atoms with Crippen molar-refractivity contribution in [1.29, 1.82) is 10.8 Å². The van der Waals surface area contributed by atoms with Crippen LogP contribution < -0.4 is 9.60 Å². The summed E-state index contributed by atoms with van der Waals surface area (Å²) < 4.78 is 4.09. The number of halogens is 2. The van der Waals surface area contributed by atoms with Crippen LogP contribution in [0.4, 0.5) is 0 Å². The van der Waals surface area contributed by atoms with E-state index in [4.69, 9.17) is 10.8 Å². The molecule has 0 atom stereocenters. The van der Waals surface area contributed by atoms with E-state index >= 15 is 0 Å². The maximum Gasteiger partial charge on any atom is 0.181 e. The van der Waals surface area contributed by atoms with Crippen LogP contribution in [0.3, 0.4) is 0 Å². The molecule has 0 fully saturated rings. The van der Waals surface area contributed by atoms with Gasteiger partial charge in [-0.3, -0.25) is 10.8 Å². The summed E-state index contributed by atoms with van der Waals surface area (Å²) in [6.07, 6.45) is 17.1. The van der Waals surface area contributed by atoms with Gasteiger partial charge in [0.25, 0.3) is 0 Å². The Bertz CT molecular complexity index is 617. The summed E-state index contributed by atoms with van der Waals surface area (Å²) >= 11 is 3.01. The van der Waals surface area contributed by atoms with Crippen molar-refractivity contribution in [3.05, 3.63) is 32.8 Å². The van der Waals surface area contributed by atoms with E-state index in [1.165, 1.54) is 86.9 Å². The maximum atomic E-state index is 7.71. The summed E-state index contributed by atoms with van der Waals surface area (Å²) in [6, 6.07) is 0. The molecule has 4 nitrogen and oxygen atoms in total. The van der Waals surface area contributed by atoms with Crippen LogP contribution >= 0.6 is 56.6 Å². The Morgan fingerprint density at radius 2 is 0.885 bits per heavy atom. The summed E-state index contributed by atoms with van der Waals surface area (Å²) in [5, 5.41) is 19.4. The third kappa shape index (κ3) is 10.2. The molecule has 26 heavy (non-hydrogen) atoms. The van der Waals surface area contributed by atoms with Crippen LogP contribution in [-0.2, 0) is 13.1 Å². The van der Waals surface area contributed by atoms with Gasteiger partial charge in [-0.2, -0.15) is 0 Å². The smallest absolute Gasteiger partial charge is 0.181 e. The Labute approximate surface area is 185 Å². The molecule has 0 aliphatic rings. The van der Waals surface area contributed by atoms with E-state index in [9.17, 15) is 0 Å². The average molecular weight is 528 g/mol. The second kappa shape index (κ2) is 15.8. The fraction of sp³-hybridized carbons (Fsp3) is 0.667. The molecule has 0 aromatic carbocycles. The first-order chi connectivity index (χ1) is 11.8. The van der Waals surface area contributed by atoms with E-state index in [1.54, 1.807) is 0 Å². The van der Waals surface area contributed by atoms with Crippen molar-refractivity contribution < 1.29 is 0 Å². The molecule has 0 aliphatic carbocycles. The zero-order valence-electron chi connectivity index (χ0n) is 15.3. The quantitative estimate of drug-likeness (QED) is 0.294. The van der Waals surface area contributed by atoms with Crippen molar-refractivity contribution in [3.63, 3.8) is 0 Å². The predicted molar refractivity (Wildman–Crippen MR) is 123 cm³/mol. The van der Waals surface area contributed by atoms with E-state index in [0.29, 0.717) is 9.60 Å². The van der Waals surface area contributed by atoms with Crippen molar-refractivity contribution in [1.82, 2.24) is 9.13 Å². The fourth-order valence-corrected chi connectivity index (χ4v) is 4.19. The zero-order chi connectivity index (χ0) is 17.0. The van der Waals surface area contributed by atoms with Crippen molar-refractivity contribution >= 4 is 56.6 Å². The third-order valence-corrected chi connectivity index (χ3v) is 5.84. The minimum Gasteiger partial charge on any atom is -0.324 e. The van der Waals surface area contributed by atoms with Crippen LogP contribution in [0.15, 0.2) is 23.2 Å². The van der Waals surface area contributed by atoms with Gasteiger partial charge in [0, 0.05) is 36.2 Å². The number of thiazole rings is 2. The Morgan fingerprint density at radius 3 is 1.15 bits per heavy atom. The molecular formula is C18H32Br2N4S2. The molecule has 2 heterocycles. The van der Waals surface area contributed by atoms with E-state index in [2.05, 4.69) is 0 Å². The van der Waals surface area contributed by atoms with Gasteiger partial charge in [0.1, 0.15) is 0 Å². The van der Waals surface area contributed by atoms with Crippen LogP contribution in [0, 0.1) is 10.8 Å². The lowest BCUT2D eigenvalue weighted by atomic mass is 10.1. The van der Waals surface area contributed by atoms with Gasteiger partial charge in [0.15, 0.2) is 9.60 Å². The number of nitrogens with zero attached hydrogens (tertiary/aromatic N) is 2. The molecule has 8 heteroatoms. The van der Waals surface area contributed by atoms with Gasteiger partial charge in [-0.15, -0.1) is 56.6 Å². The first kappa shape index (κ1) is 25.8. The lowest BCUT2D eigenvalue weighted by Gasteiger charge is -2.04. The maximum absolute atomic E-state index is 7.71. The Hall–Kier alpha value is -0.180. The molecule has 2 rings (SSSR count). The molecule has 150 valence electrons. The molecule has 0 bridgehead atoms. The van der Waals surface area contributed by atoms with Gasteiger partial charge >= 0.3 is 0 Å². The van der Waals surface area contributed by atoms with Crippen molar-refractivity contribution in [2.75, 3.05) is 0 Å². The molecule has 0 radical (unpaired) electrons. The Balaban J connectivity index is 0.00000312. The predicted octanol–water partition coefficient (Wildman–Crippen LogP) is 6.13. The zero-order valence-corrected chi connectivity index (χ0v) is 20.4. The van der Waals surface area contributed by atoms with Gasteiger partial charge in [0.2, 0.25) is 0 Å². The number of aromatic nitrogens is 2. The Kier molecular flexibility index (Phi) is 15.7. The minimum atomic E-state index is 0. The number of unbranched alkanes of at least 4 members (excludes halogenated alkanes) is 9. The molecule has 0 amide bonds. The number of hydrogen-bond acceptors (Lipinski definition) is 4. The fourth-order valence-electron chi connectivity index (χ4n) is 2.94. The number of rotatable bonds is 13. The summed E-state index contributed by atoms with van der Waals surface area (Å²) in [4.78, 5) is 1.35.